The van der Waals surface area contributed by atoms with Gasteiger partial charge in [-0.1, -0.05) is 12.1 Å². The molecule has 180 valence electrons. The van der Waals surface area contributed by atoms with Gasteiger partial charge in [-0.05, 0) is 55.2 Å². The fraction of sp³-hybridized carbons (Fsp3) is 0.375. The third-order valence-electron chi connectivity index (χ3n) is 5.43. The van der Waals surface area contributed by atoms with E-state index in [9.17, 15) is 14.4 Å². The van der Waals surface area contributed by atoms with Gasteiger partial charge in [0.2, 0.25) is 5.95 Å². The van der Waals surface area contributed by atoms with E-state index >= 15 is 0 Å². The summed E-state index contributed by atoms with van der Waals surface area (Å²) in [4.78, 5) is 46.1. The summed E-state index contributed by atoms with van der Waals surface area (Å²) in [6, 6.07) is 9.05. The molecule has 2 aromatic heterocycles. The molecule has 0 aliphatic rings. The predicted molar refractivity (Wildman–Crippen MR) is 127 cm³/mol. The fourth-order valence-electron chi connectivity index (χ4n) is 3.48. The van der Waals surface area contributed by atoms with Crippen LogP contribution in [0.4, 0.5) is 5.95 Å². The zero-order valence-corrected chi connectivity index (χ0v) is 19.8. The maximum absolute atomic E-state index is 13.3. The van der Waals surface area contributed by atoms with Gasteiger partial charge in [-0.25, -0.2) is 14.2 Å². The van der Waals surface area contributed by atoms with Crippen molar-refractivity contribution < 1.29 is 14.3 Å². The lowest BCUT2D eigenvalue weighted by Gasteiger charge is -2.16. The maximum atomic E-state index is 13.3. The largest absolute Gasteiger partial charge is 0.497 e. The number of aryl methyl sites for hydroxylation is 2. The van der Waals surface area contributed by atoms with Crippen molar-refractivity contribution >= 4 is 11.9 Å². The molecule has 0 aliphatic heterocycles. The lowest BCUT2D eigenvalue weighted by atomic mass is 10.1. The number of methoxy groups -OCH3 is 2. The highest BCUT2D eigenvalue weighted by Gasteiger charge is 2.15. The van der Waals surface area contributed by atoms with Crippen LogP contribution in [-0.2, 0) is 29.2 Å². The van der Waals surface area contributed by atoms with E-state index in [1.165, 1.54) is 11.7 Å². The summed E-state index contributed by atoms with van der Waals surface area (Å²) in [7, 11) is 2.88. The summed E-state index contributed by atoms with van der Waals surface area (Å²) in [5.41, 5.74) is 2.44. The number of aromatic nitrogens is 4. The Labute approximate surface area is 197 Å². The summed E-state index contributed by atoms with van der Waals surface area (Å²) in [5, 5.41) is 3.10. The first-order valence-electron chi connectivity index (χ1n) is 10.9. The summed E-state index contributed by atoms with van der Waals surface area (Å²) < 4.78 is 12.3. The molecule has 3 aromatic rings. The van der Waals surface area contributed by atoms with E-state index in [1.807, 2.05) is 19.9 Å². The second-order valence-electron chi connectivity index (χ2n) is 7.87. The van der Waals surface area contributed by atoms with Crippen LogP contribution < -0.4 is 21.4 Å². The van der Waals surface area contributed by atoms with Gasteiger partial charge in [-0.3, -0.25) is 14.3 Å². The Morgan fingerprint density at radius 2 is 1.82 bits per heavy atom. The Hall–Kier alpha value is -3.95. The van der Waals surface area contributed by atoms with E-state index in [1.54, 1.807) is 37.6 Å². The SMILES string of the molecule is COC(=O)CCCn1c(NCc2cnc(C)cc2C)nc(=O)n(Cc2ccc(OC)cc2)c1=O. The summed E-state index contributed by atoms with van der Waals surface area (Å²) in [5.74, 6) is 0.448. The van der Waals surface area contributed by atoms with E-state index in [4.69, 9.17) is 4.74 Å². The number of benzene rings is 1. The third-order valence-corrected chi connectivity index (χ3v) is 5.43. The van der Waals surface area contributed by atoms with Crippen LogP contribution in [-0.4, -0.2) is 39.3 Å². The van der Waals surface area contributed by atoms with Crippen molar-refractivity contribution in [1.82, 2.24) is 19.1 Å². The third kappa shape index (κ3) is 6.09. The molecule has 0 unspecified atom stereocenters. The summed E-state index contributed by atoms with van der Waals surface area (Å²) >= 11 is 0. The lowest BCUT2D eigenvalue weighted by molar-refractivity contribution is -0.140. The quantitative estimate of drug-likeness (QED) is 0.450. The molecule has 0 amide bonds. The van der Waals surface area contributed by atoms with Crippen molar-refractivity contribution in [3.63, 3.8) is 0 Å². The number of esters is 1. The molecule has 1 aromatic carbocycles. The monoisotopic (exact) mass is 467 g/mol. The highest BCUT2D eigenvalue weighted by atomic mass is 16.5. The van der Waals surface area contributed by atoms with Crippen LogP contribution in [0.15, 0.2) is 46.1 Å². The predicted octanol–water partition coefficient (Wildman–Crippen LogP) is 2.04. The minimum atomic E-state index is -0.661. The van der Waals surface area contributed by atoms with Crippen molar-refractivity contribution in [2.24, 2.45) is 0 Å². The molecule has 0 saturated heterocycles. The molecule has 0 atom stereocenters. The first kappa shape index (κ1) is 24.7. The second-order valence-corrected chi connectivity index (χ2v) is 7.87. The molecule has 10 heteroatoms. The number of hydrogen-bond acceptors (Lipinski definition) is 8. The number of nitrogens with zero attached hydrogens (tertiary/aromatic N) is 4. The Kier molecular flexibility index (Phi) is 8.18. The molecule has 0 radical (unpaired) electrons. The molecule has 0 bridgehead atoms. The van der Waals surface area contributed by atoms with Crippen molar-refractivity contribution in [2.45, 2.75) is 46.3 Å². The van der Waals surface area contributed by atoms with E-state index in [0.29, 0.717) is 18.7 Å². The molecule has 3 rings (SSSR count). The van der Waals surface area contributed by atoms with Crippen LogP contribution in [0.5, 0.6) is 5.75 Å². The number of rotatable bonds is 10. The molecule has 0 spiro atoms. The van der Waals surface area contributed by atoms with Gasteiger partial charge >= 0.3 is 17.3 Å². The lowest BCUT2D eigenvalue weighted by Crippen LogP contribution is -2.43. The van der Waals surface area contributed by atoms with Gasteiger partial charge < -0.3 is 14.8 Å². The topological polar surface area (TPSA) is 117 Å². The number of ether oxygens (including phenoxy) is 2. The van der Waals surface area contributed by atoms with Gasteiger partial charge in [0.25, 0.3) is 0 Å². The van der Waals surface area contributed by atoms with Crippen molar-refractivity contribution in [3.8, 4) is 5.75 Å². The highest BCUT2D eigenvalue weighted by molar-refractivity contribution is 5.68. The Balaban J connectivity index is 1.91. The highest BCUT2D eigenvalue weighted by Crippen LogP contribution is 2.13. The van der Waals surface area contributed by atoms with E-state index in [-0.39, 0.29) is 31.4 Å². The van der Waals surface area contributed by atoms with Crippen LogP contribution in [0.3, 0.4) is 0 Å². The van der Waals surface area contributed by atoms with Gasteiger partial charge in [0.1, 0.15) is 5.75 Å². The molecule has 2 heterocycles. The zero-order valence-electron chi connectivity index (χ0n) is 19.8. The molecular weight excluding hydrogens is 438 g/mol. The number of carbonyl (C=O) groups excluding carboxylic acids is 1. The molecule has 1 N–H and O–H groups in total. The molecule has 0 aliphatic carbocycles. The second kappa shape index (κ2) is 11.3. The molecular formula is C24H29N5O5. The standard InChI is InChI=1S/C24H29N5O5/c1-16-12-17(2)25-13-19(16)14-26-22-27-23(31)29(15-18-7-9-20(33-3)10-8-18)24(32)28(22)11-5-6-21(30)34-4/h7-10,12-13H,5-6,11,14-15H2,1-4H3,(H,26,27,31). The van der Waals surface area contributed by atoms with Gasteiger partial charge in [0, 0.05) is 31.4 Å². The first-order chi connectivity index (χ1) is 16.3. The van der Waals surface area contributed by atoms with Crippen LogP contribution >= 0.6 is 0 Å². The Bertz CT molecular complexity index is 1260. The molecule has 10 nitrogen and oxygen atoms in total. The number of anilines is 1. The number of nitrogens with one attached hydrogen (secondary N) is 1. The number of pyridine rings is 1. The fourth-order valence-corrected chi connectivity index (χ4v) is 3.48. The normalized spacial score (nSPS) is 10.7. The average Bonchev–Trinajstić information content (AvgIpc) is 2.83. The molecule has 34 heavy (non-hydrogen) atoms. The van der Waals surface area contributed by atoms with Gasteiger partial charge in [0.15, 0.2) is 0 Å². The number of carbonyl (C=O) groups is 1. The van der Waals surface area contributed by atoms with Crippen LogP contribution in [0, 0.1) is 13.8 Å². The van der Waals surface area contributed by atoms with Gasteiger partial charge in [-0.15, -0.1) is 0 Å². The van der Waals surface area contributed by atoms with Crippen molar-refractivity contribution in [1.29, 1.82) is 0 Å². The minimum Gasteiger partial charge on any atom is -0.497 e. The summed E-state index contributed by atoms with van der Waals surface area (Å²) in [6.07, 6.45) is 2.25. The van der Waals surface area contributed by atoms with E-state index in [2.05, 4.69) is 20.0 Å². The van der Waals surface area contributed by atoms with Gasteiger partial charge in [-0.2, -0.15) is 4.98 Å². The van der Waals surface area contributed by atoms with Crippen molar-refractivity contribution in [2.75, 3.05) is 19.5 Å². The maximum Gasteiger partial charge on any atom is 0.355 e. The van der Waals surface area contributed by atoms with E-state index < -0.39 is 11.4 Å². The van der Waals surface area contributed by atoms with E-state index in [0.717, 1.165) is 27.0 Å². The number of hydrogen-bond donors (Lipinski definition) is 1. The van der Waals surface area contributed by atoms with Gasteiger partial charge in [0.05, 0.1) is 20.8 Å². The van der Waals surface area contributed by atoms with Crippen LogP contribution in [0.1, 0.15) is 35.2 Å². The smallest absolute Gasteiger partial charge is 0.355 e. The Morgan fingerprint density at radius 3 is 2.47 bits per heavy atom. The first-order valence-corrected chi connectivity index (χ1v) is 10.9. The van der Waals surface area contributed by atoms with Crippen LogP contribution in [0.2, 0.25) is 0 Å². The van der Waals surface area contributed by atoms with Crippen LogP contribution in [0.25, 0.3) is 0 Å². The Morgan fingerprint density at radius 1 is 1.09 bits per heavy atom. The molecule has 0 fully saturated rings. The zero-order chi connectivity index (χ0) is 24.7. The minimum absolute atomic E-state index is 0.0624. The van der Waals surface area contributed by atoms with Crippen molar-refractivity contribution in [3.05, 3.63) is 79.9 Å². The average molecular weight is 468 g/mol. The molecule has 0 saturated carbocycles. The summed E-state index contributed by atoms with van der Waals surface area (Å²) in [6.45, 7) is 4.47.